The summed E-state index contributed by atoms with van der Waals surface area (Å²) >= 11 is 0. The predicted octanol–water partition coefficient (Wildman–Crippen LogP) is 7.39. The van der Waals surface area contributed by atoms with Gasteiger partial charge in [-0.25, -0.2) is 0 Å². The molecule has 0 saturated heterocycles. The zero-order valence-electron chi connectivity index (χ0n) is 19.8. The van der Waals surface area contributed by atoms with Gasteiger partial charge in [-0.2, -0.15) is 4.98 Å². The quantitative estimate of drug-likeness (QED) is 0.340. The van der Waals surface area contributed by atoms with Gasteiger partial charge in [0.05, 0.1) is 0 Å². The minimum atomic E-state index is 0.244. The summed E-state index contributed by atoms with van der Waals surface area (Å²) in [5.74, 6) is 2.20. The number of fused-ring (bicyclic) bond motifs is 1. The molecular weight excluding hydrogens is 406 g/mol. The molecule has 0 aliphatic heterocycles. The lowest BCUT2D eigenvalue weighted by Gasteiger charge is -2.32. The van der Waals surface area contributed by atoms with E-state index in [2.05, 4.69) is 103 Å². The van der Waals surface area contributed by atoms with Crippen LogP contribution in [-0.4, -0.2) is 16.2 Å². The number of nitrogens with one attached hydrogen (secondary N) is 1. The maximum atomic E-state index is 5.37. The van der Waals surface area contributed by atoms with Gasteiger partial charge in [-0.05, 0) is 54.0 Å². The normalized spacial score (nSPS) is 19.8. The van der Waals surface area contributed by atoms with Crippen molar-refractivity contribution in [3.05, 3.63) is 83.7 Å². The number of rotatable bonds is 6. The van der Waals surface area contributed by atoms with E-state index in [4.69, 9.17) is 4.52 Å². The number of hydrogen-bond donors (Lipinski definition) is 1. The van der Waals surface area contributed by atoms with Crippen molar-refractivity contribution in [2.45, 2.75) is 70.4 Å². The highest BCUT2D eigenvalue weighted by atomic mass is 16.5. The summed E-state index contributed by atoms with van der Waals surface area (Å²) in [6.45, 7) is 6.43. The Kier molecular flexibility index (Phi) is 6.28. The van der Waals surface area contributed by atoms with Crippen LogP contribution in [0.3, 0.4) is 0 Å². The lowest BCUT2D eigenvalue weighted by molar-refractivity contribution is 0.319. The van der Waals surface area contributed by atoms with Crippen molar-refractivity contribution >= 4 is 10.8 Å². The second-order valence-corrected chi connectivity index (χ2v) is 9.75. The molecule has 1 aromatic heterocycles. The second kappa shape index (κ2) is 9.48. The first-order valence-electron chi connectivity index (χ1n) is 12.3. The van der Waals surface area contributed by atoms with Crippen LogP contribution in [0.2, 0.25) is 0 Å². The number of benzene rings is 3. The Morgan fingerprint density at radius 2 is 1.70 bits per heavy atom. The van der Waals surface area contributed by atoms with E-state index >= 15 is 0 Å². The molecule has 33 heavy (non-hydrogen) atoms. The van der Waals surface area contributed by atoms with E-state index in [-0.39, 0.29) is 5.92 Å². The summed E-state index contributed by atoms with van der Waals surface area (Å²) in [5.41, 5.74) is 3.82. The summed E-state index contributed by atoms with van der Waals surface area (Å²) in [5, 5.41) is 10.8. The van der Waals surface area contributed by atoms with Gasteiger partial charge in [0.1, 0.15) is 0 Å². The first kappa shape index (κ1) is 21.8. The highest BCUT2D eigenvalue weighted by molar-refractivity contribution is 5.86. The topological polar surface area (TPSA) is 51.0 Å². The van der Waals surface area contributed by atoms with Crippen LogP contribution in [0, 0.1) is 0 Å². The van der Waals surface area contributed by atoms with E-state index in [0.29, 0.717) is 29.7 Å². The average molecular weight is 440 g/mol. The van der Waals surface area contributed by atoms with Gasteiger partial charge in [-0.15, -0.1) is 0 Å². The van der Waals surface area contributed by atoms with Gasteiger partial charge in [0.15, 0.2) is 0 Å². The first-order valence-corrected chi connectivity index (χ1v) is 12.3. The summed E-state index contributed by atoms with van der Waals surface area (Å²) < 4.78 is 5.37. The Balaban J connectivity index is 1.26. The Hall–Kier alpha value is -2.98. The summed E-state index contributed by atoms with van der Waals surface area (Å²) in [6, 6.07) is 25.0. The smallest absolute Gasteiger partial charge is 0.229 e. The molecule has 5 rings (SSSR count). The van der Waals surface area contributed by atoms with Crippen molar-refractivity contribution in [3.63, 3.8) is 0 Å². The minimum absolute atomic E-state index is 0.244. The molecule has 4 aromatic rings. The molecular formula is C29H33N3O. The van der Waals surface area contributed by atoms with Crippen LogP contribution in [0.1, 0.15) is 81.3 Å². The molecule has 0 unspecified atom stereocenters. The molecule has 0 spiro atoms. The van der Waals surface area contributed by atoms with Crippen molar-refractivity contribution < 1.29 is 4.52 Å². The molecule has 3 atom stereocenters. The molecule has 3 aromatic carbocycles. The maximum absolute atomic E-state index is 5.37. The minimum Gasteiger partial charge on any atom is -0.339 e. The first-order chi connectivity index (χ1) is 16.1. The van der Waals surface area contributed by atoms with Gasteiger partial charge >= 0.3 is 0 Å². The van der Waals surface area contributed by atoms with Crippen molar-refractivity contribution in [2.24, 2.45) is 0 Å². The lowest BCUT2D eigenvalue weighted by Crippen LogP contribution is -2.35. The molecule has 1 fully saturated rings. The van der Waals surface area contributed by atoms with Crippen LogP contribution < -0.4 is 5.32 Å². The van der Waals surface area contributed by atoms with Crippen molar-refractivity contribution in [2.75, 3.05) is 0 Å². The molecule has 4 heteroatoms. The zero-order valence-corrected chi connectivity index (χ0v) is 19.8. The fourth-order valence-electron chi connectivity index (χ4n) is 5.21. The van der Waals surface area contributed by atoms with Crippen molar-refractivity contribution in [1.82, 2.24) is 15.5 Å². The largest absolute Gasteiger partial charge is 0.339 e. The van der Waals surface area contributed by atoms with Crippen LogP contribution in [0.5, 0.6) is 0 Å². The standard InChI is InChI=1S/C29H33N3O/c1-19(2)29-31-28(32-33-29)23-16-14-21(15-17-23)24-10-6-11-25(18-24)30-20(3)26-13-7-9-22-8-4-5-12-27(22)26/h4-5,7-9,12-17,19-20,24-25,30H,6,10-11,18H2,1-3H3/t20-,24+,25+/m1/s1. The Labute approximate surface area is 196 Å². The van der Waals surface area contributed by atoms with E-state index in [1.165, 1.54) is 47.6 Å². The highest BCUT2D eigenvalue weighted by Gasteiger charge is 2.25. The van der Waals surface area contributed by atoms with Crippen LogP contribution >= 0.6 is 0 Å². The third-order valence-electron chi connectivity index (χ3n) is 7.03. The van der Waals surface area contributed by atoms with Gasteiger partial charge in [0, 0.05) is 23.6 Å². The number of nitrogens with zero attached hydrogens (tertiary/aromatic N) is 2. The molecule has 1 aliphatic rings. The fraction of sp³-hybridized carbons (Fsp3) is 0.379. The summed E-state index contributed by atoms with van der Waals surface area (Å²) in [6.07, 6.45) is 4.92. The van der Waals surface area contributed by atoms with E-state index in [1.807, 2.05) is 0 Å². The predicted molar refractivity (Wildman–Crippen MR) is 134 cm³/mol. The Morgan fingerprint density at radius 3 is 2.48 bits per heavy atom. The van der Waals surface area contributed by atoms with Gasteiger partial charge in [-0.1, -0.05) is 92.2 Å². The second-order valence-electron chi connectivity index (χ2n) is 9.75. The van der Waals surface area contributed by atoms with Gasteiger partial charge in [0.25, 0.3) is 0 Å². The van der Waals surface area contributed by atoms with Crippen LogP contribution in [0.15, 0.2) is 71.3 Å². The monoisotopic (exact) mass is 439 g/mol. The molecule has 1 heterocycles. The molecule has 0 amide bonds. The zero-order chi connectivity index (χ0) is 22.8. The molecule has 1 N–H and O–H groups in total. The van der Waals surface area contributed by atoms with Gasteiger partial charge < -0.3 is 9.84 Å². The van der Waals surface area contributed by atoms with Crippen molar-refractivity contribution in [3.8, 4) is 11.4 Å². The number of aromatic nitrogens is 2. The fourth-order valence-corrected chi connectivity index (χ4v) is 5.21. The van der Waals surface area contributed by atoms with E-state index in [0.717, 1.165) is 5.56 Å². The van der Waals surface area contributed by atoms with Gasteiger partial charge in [0.2, 0.25) is 11.7 Å². The molecule has 0 radical (unpaired) electrons. The highest BCUT2D eigenvalue weighted by Crippen LogP contribution is 2.35. The lowest BCUT2D eigenvalue weighted by atomic mass is 9.80. The van der Waals surface area contributed by atoms with E-state index < -0.39 is 0 Å². The van der Waals surface area contributed by atoms with E-state index in [1.54, 1.807) is 0 Å². The maximum Gasteiger partial charge on any atom is 0.229 e. The molecule has 1 saturated carbocycles. The number of hydrogen-bond acceptors (Lipinski definition) is 4. The molecule has 4 nitrogen and oxygen atoms in total. The Bertz CT molecular complexity index is 1210. The van der Waals surface area contributed by atoms with Crippen LogP contribution in [0.4, 0.5) is 0 Å². The summed E-state index contributed by atoms with van der Waals surface area (Å²) in [7, 11) is 0. The van der Waals surface area contributed by atoms with E-state index in [9.17, 15) is 0 Å². The van der Waals surface area contributed by atoms with Crippen LogP contribution in [-0.2, 0) is 0 Å². The van der Waals surface area contributed by atoms with Crippen molar-refractivity contribution in [1.29, 1.82) is 0 Å². The Morgan fingerprint density at radius 1 is 0.909 bits per heavy atom. The molecule has 0 bridgehead atoms. The summed E-state index contributed by atoms with van der Waals surface area (Å²) in [4.78, 5) is 4.53. The van der Waals surface area contributed by atoms with Crippen LogP contribution in [0.25, 0.3) is 22.2 Å². The molecule has 1 aliphatic carbocycles. The third-order valence-corrected chi connectivity index (χ3v) is 7.03. The SMILES string of the molecule is CC(C)c1nc(-c2ccc([C@H]3CCC[C@H](N[C@H](C)c4cccc5ccccc45)C3)cc2)no1. The molecule has 170 valence electrons. The third kappa shape index (κ3) is 4.72. The van der Waals surface area contributed by atoms with Gasteiger partial charge in [-0.3, -0.25) is 0 Å². The average Bonchev–Trinajstić information content (AvgIpc) is 3.35.